The van der Waals surface area contributed by atoms with E-state index in [1.807, 2.05) is 25.1 Å². The van der Waals surface area contributed by atoms with Gasteiger partial charge in [0.15, 0.2) is 0 Å². The highest BCUT2D eigenvalue weighted by atomic mass is 16.5. The molecular weight excluding hydrogens is 226 g/mol. The molecule has 0 spiro atoms. The fraction of sp³-hybridized carbons (Fsp3) is 0.467. The maximum absolute atomic E-state index is 5.46. The number of hydrogen-bond acceptors (Lipinski definition) is 3. The Morgan fingerprint density at radius 1 is 1.33 bits per heavy atom. The van der Waals surface area contributed by atoms with Crippen molar-refractivity contribution < 1.29 is 9.47 Å². The standard InChI is InChI=1S/C15H23NO2/c1-3-5-10-17-11-9-16-13-14-7-6-8-15(12-14)18-4-2/h3,6-8,12,16H,1,4-5,9-11,13H2,2H3. The minimum atomic E-state index is 0.702. The zero-order chi connectivity index (χ0) is 13.1. The Hall–Kier alpha value is -1.32. The molecule has 0 fully saturated rings. The predicted octanol–water partition coefficient (Wildman–Crippen LogP) is 2.77. The molecule has 0 saturated carbocycles. The zero-order valence-electron chi connectivity index (χ0n) is 11.2. The summed E-state index contributed by atoms with van der Waals surface area (Å²) in [4.78, 5) is 0. The van der Waals surface area contributed by atoms with Gasteiger partial charge in [-0.15, -0.1) is 6.58 Å². The Morgan fingerprint density at radius 3 is 3.00 bits per heavy atom. The maximum atomic E-state index is 5.46. The van der Waals surface area contributed by atoms with Crippen molar-refractivity contribution in [3.8, 4) is 5.75 Å². The van der Waals surface area contributed by atoms with Gasteiger partial charge in [0.05, 0.1) is 19.8 Å². The highest BCUT2D eigenvalue weighted by Crippen LogP contribution is 2.12. The molecule has 0 atom stereocenters. The summed E-state index contributed by atoms with van der Waals surface area (Å²) < 4.78 is 10.9. The largest absolute Gasteiger partial charge is 0.494 e. The van der Waals surface area contributed by atoms with E-state index in [-0.39, 0.29) is 0 Å². The summed E-state index contributed by atoms with van der Waals surface area (Å²) >= 11 is 0. The Labute approximate surface area is 110 Å². The molecule has 1 N–H and O–H groups in total. The number of ether oxygens (including phenoxy) is 2. The highest BCUT2D eigenvalue weighted by Gasteiger charge is 1.96. The molecule has 3 nitrogen and oxygen atoms in total. The highest BCUT2D eigenvalue weighted by molar-refractivity contribution is 5.28. The van der Waals surface area contributed by atoms with E-state index in [0.29, 0.717) is 6.61 Å². The first-order valence-electron chi connectivity index (χ1n) is 6.48. The van der Waals surface area contributed by atoms with Crippen molar-refractivity contribution in [3.05, 3.63) is 42.5 Å². The van der Waals surface area contributed by atoms with Crippen molar-refractivity contribution in [1.29, 1.82) is 0 Å². The Morgan fingerprint density at radius 2 is 2.22 bits per heavy atom. The van der Waals surface area contributed by atoms with Crippen molar-refractivity contribution in [2.75, 3.05) is 26.4 Å². The van der Waals surface area contributed by atoms with Crippen LogP contribution in [0.15, 0.2) is 36.9 Å². The average Bonchev–Trinajstić information content (AvgIpc) is 2.39. The van der Waals surface area contributed by atoms with Crippen LogP contribution in [0.1, 0.15) is 18.9 Å². The van der Waals surface area contributed by atoms with E-state index in [1.54, 1.807) is 0 Å². The molecule has 0 unspecified atom stereocenters. The van der Waals surface area contributed by atoms with Crippen LogP contribution in [0.5, 0.6) is 5.75 Å². The fourth-order valence-corrected chi connectivity index (χ4v) is 1.56. The summed E-state index contributed by atoms with van der Waals surface area (Å²) in [5, 5.41) is 3.34. The van der Waals surface area contributed by atoms with Crippen LogP contribution in [0.25, 0.3) is 0 Å². The maximum Gasteiger partial charge on any atom is 0.119 e. The molecule has 0 radical (unpaired) electrons. The molecule has 18 heavy (non-hydrogen) atoms. The first kappa shape index (κ1) is 14.7. The van der Waals surface area contributed by atoms with E-state index in [0.717, 1.165) is 38.5 Å². The molecule has 0 aliphatic heterocycles. The summed E-state index contributed by atoms with van der Waals surface area (Å²) in [6.45, 7) is 9.53. The molecule has 0 aliphatic carbocycles. The normalized spacial score (nSPS) is 10.3. The molecule has 0 bridgehead atoms. The van der Waals surface area contributed by atoms with E-state index in [4.69, 9.17) is 9.47 Å². The minimum Gasteiger partial charge on any atom is -0.494 e. The average molecular weight is 249 g/mol. The van der Waals surface area contributed by atoms with Gasteiger partial charge in [0.25, 0.3) is 0 Å². The van der Waals surface area contributed by atoms with E-state index in [9.17, 15) is 0 Å². The second-order valence-corrected chi connectivity index (χ2v) is 3.95. The quantitative estimate of drug-likeness (QED) is 0.511. The van der Waals surface area contributed by atoms with Crippen LogP contribution in [-0.2, 0) is 11.3 Å². The smallest absolute Gasteiger partial charge is 0.119 e. The van der Waals surface area contributed by atoms with Crippen LogP contribution in [0.4, 0.5) is 0 Å². The lowest BCUT2D eigenvalue weighted by Crippen LogP contribution is -2.19. The van der Waals surface area contributed by atoms with Crippen LogP contribution >= 0.6 is 0 Å². The first-order chi connectivity index (χ1) is 8.86. The van der Waals surface area contributed by atoms with Gasteiger partial charge in [0.2, 0.25) is 0 Å². The van der Waals surface area contributed by atoms with Crippen molar-refractivity contribution >= 4 is 0 Å². The summed E-state index contributed by atoms with van der Waals surface area (Å²) in [5.74, 6) is 0.930. The van der Waals surface area contributed by atoms with Gasteiger partial charge in [-0.1, -0.05) is 18.2 Å². The van der Waals surface area contributed by atoms with Crippen LogP contribution in [0, 0.1) is 0 Å². The van der Waals surface area contributed by atoms with Gasteiger partial charge < -0.3 is 14.8 Å². The zero-order valence-corrected chi connectivity index (χ0v) is 11.2. The SMILES string of the molecule is C=CCCOCCNCc1cccc(OCC)c1. The predicted molar refractivity (Wildman–Crippen MR) is 75.0 cm³/mol. The molecule has 100 valence electrons. The Balaban J connectivity index is 2.14. The lowest BCUT2D eigenvalue weighted by Gasteiger charge is -2.08. The molecule has 1 aromatic carbocycles. The summed E-state index contributed by atoms with van der Waals surface area (Å²) in [5.41, 5.74) is 1.23. The molecule has 0 heterocycles. The van der Waals surface area contributed by atoms with Gasteiger partial charge in [-0.2, -0.15) is 0 Å². The molecule has 3 heteroatoms. The van der Waals surface area contributed by atoms with Gasteiger partial charge in [-0.05, 0) is 31.0 Å². The third-order valence-electron chi connectivity index (χ3n) is 2.43. The van der Waals surface area contributed by atoms with Gasteiger partial charge in [0.1, 0.15) is 5.75 Å². The monoisotopic (exact) mass is 249 g/mol. The molecule has 0 aliphatic rings. The molecule has 1 rings (SSSR count). The van der Waals surface area contributed by atoms with E-state index >= 15 is 0 Å². The van der Waals surface area contributed by atoms with Crippen molar-refractivity contribution in [2.24, 2.45) is 0 Å². The summed E-state index contributed by atoms with van der Waals surface area (Å²) in [6, 6.07) is 8.15. The summed E-state index contributed by atoms with van der Waals surface area (Å²) in [6.07, 6.45) is 2.78. The third kappa shape index (κ3) is 6.42. The topological polar surface area (TPSA) is 30.5 Å². The van der Waals surface area contributed by atoms with E-state index < -0.39 is 0 Å². The lowest BCUT2D eigenvalue weighted by molar-refractivity contribution is 0.140. The van der Waals surface area contributed by atoms with Crippen LogP contribution in [-0.4, -0.2) is 26.4 Å². The molecule has 1 aromatic rings. The fourth-order valence-electron chi connectivity index (χ4n) is 1.56. The van der Waals surface area contributed by atoms with E-state index in [2.05, 4.69) is 24.0 Å². The minimum absolute atomic E-state index is 0.702. The number of hydrogen-bond donors (Lipinski definition) is 1. The van der Waals surface area contributed by atoms with Gasteiger partial charge in [-0.25, -0.2) is 0 Å². The molecule has 0 saturated heterocycles. The molecule has 0 amide bonds. The van der Waals surface area contributed by atoms with Crippen molar-refractivity contribution in [3.63, 3.8) is 0 Å². The van der Waals surface area contributed by atoms with Crippen LogP contribution < -0.4 is 10.1 Å². The van der Waals surface area contributed by atoms with Crippen molar-refractivity contribution in [2.45, 2.75) is 19.9 Å². The third-order valence-corrected chi connectivity index (χ3v) is 2.43. The Bertz CT molecular complexity index is 339. The van der Waals surface area contributed by atoms with E-state index in [1.165, 1.54) is 5.56 Å². The Kier molecular flexibility index (Phi) is 7.93. The second-order valence-electron chi connectivity index (χ2n) is 3.95. The number of nitrogens with one attached hydrogen (secondary N) is 1. The van der Waals surface area contributed by atoms with Crippen molar-refractivity contribution in [1.82, 2.24) is 5.32 Å². The van der Waals surface area contributed by atoms with Crippen LogP contribution in [0.3, 0.4) is 0 Å². The van der Waals surface area contributed by atoms with Gasteiger partial charge >= 0.3 is 0 Å². The van der Waals surface area contributed by atoms with Crippen LogP contribution in [0.2, 0.25) is 0 Å². The van der Waals surface area contributed by atoms with Gasteiger partial charge in [0, 0.05) is 13.1 Å². The lowest BCUT2D eigenvalue weighted by atomic mass is 10.2. The first-order valence-corrected chi connectivity index (χ1v) is 6.48. The molecular formula is C15H23NO2. The number of rotatable bonds is 10. The number of benzene rings is 1. The second kappa shape index (κ2) is 9.68. The summed E-state index contributed by atoms with van der Waals surface area (Å²) in [7, 11) is 0. The molecule has 0 aromatic heterocycles. The van der Waals surface area contributed by atoms with Gasteiger partial charge in [-0.3, -0.25) is 0 Å².